The molecule has 1 aliphatic heterocycles. The van der Waals surface area contributed by atoms with Gasteiger partial charge in [-0.3, -0.25) is 9.59 Å². The van der Waals surface area contributed by atoms with Gasteiger partial charge in [0.1, 0.15) is 0 Å². The van der Waals surface area contributed by atoms with Gasteiger partial charge in [-0.15, -0.1) is 0 Å². The van der Waals surface area contributed by atoms with E-state index in [1.54, 1.807) is 24.5 Å². The molecule has 2 N–H and O–H groups in total. The Morgan fingerprint density at radius 1 is 1.39 bits per heavy atom. The topological polar surface area (TPSA) is 78.1 Å². The Morgan fingerprint density at radius 3 is 2.87 bits per heavy atom. The van der Waals surface area contributed by atoms with Crippen molar-refractivity contribution in [1.29, 1.82) is 0 Å². The maximum Gasteiger partial charge on any atom is 0.225 e. The predicted molar refractivity (Wildman–Crippen MR) is 85.1 cm³/mol. The molecule has 0 saturated carbocycles. The van der Waals surface area contributed by atoms with Gasteiger partial charge in [0.05, 0.1) is 30.5 Å². The number of carbonyl (C=O) groups excluding carboxylic acids is 2. The van der Waals surface area contributed by atoms with Gasteiger partial charge in [-0.05, 0) is 12.0 Å². The average molecular weight is 312 g/mol. The zero-order chi connectivity index (χ0) is 16.2. The van der Waals surface area contributed by atoms with E-state index >= 15 is 0 Å². The highest BCUT2D eigenvalue weighted by Crippen LogP contribution is 2.35. The van der Waals surface area contributed by atoms with E-state index < -0.39 is 0 Å². The van der Waals surface area contributed by atoms with E-state index in [0.717, 1.165) is 11.3 Å². The fourth-order valence-electron chi connectivity index (χ4n) is 3.11. The van der Waals surface area contributed by atoms with E-state index in [1.165, 1.54) is 0 Å². The number of nitrogens with zero attached hydrogens (tertiary/aromatic N) is 2. The van der Waals surface area contributed by atoms with E-state index in [0.29, 0.717) is 19.4 Å². The summed E-state index contributed by atoms with van der Waals surface area (Å²) in [5.74, 6) is -0.202. The fraction of sp³-hybridized carbons (Fsp3) is 0.353. The average Bonchev–Trinajstić information content (AvgIpc) is 3.09. The molecule has 0 aliphatic carbocycles. The lowest BCUT2D eigenvalue weighted by molar-refractivity contribution is -0.141. The van der Waals surface area contributed by atoms with Crippen molar-refractivity contribution in [3.8, 4) is 0 Å². The highest BCUT2D eigenvalue weighted by molar-refractivity contribution is 5.84. The van der Waals surface area contributed by atoms with Crippen molar-refractivity contribution in [1.82, 2.24) is 20.2 Å². The van der Waals surface area contributed by atoms with Crippen LogP contribution in [0.4, 0.5) is 0 Å². The quantitative estimate of drug-likeness (QED) is 0.901. The summed E-state index contributed by atoms with van der Waals surface area (Å²) in [4.78, 5) is 33.3. The molecule has 2 heterocycles. The molecule has 2 atom stereocenters. The maximum atomic E-state index is 12.6. The van der Waals surface area contributed by atoms with Crippen LogP contribution in [0.15, 0.2) is 42.9 Å². The standard InChI is InChI=1S/C17H20N4O2/c1-21-15(22)8-7-14(16(21)12-5-3-2-4-6-12)17(23)19-10-13-9-18-11-20-13/h2-6,9,11,14,16H,7-8,10H2,1H3,(H,18,20)(H,19,23). The van der Waals surface area contributed by atoms with E-state index in [-0.39, 0.29) is 23.8 Å². The zero-order valence-corrected chi connectivity index (χ0v) is 13.0. The lowest BCUT2D eigenvalue weighted by Gasteiger charge is -2.38. The first-order valence-electron chi connectivity index (χ1n) is 7.72. The summed E-state index contributed by atoms with van der Waals surface area (Å²) in [6.07, 6.45) is 4.24. The van der Waals surface area contributed by atoms with Crippen LogP contribution in [0.1, 0.15) is 30.1 Å². The molecule has 1 saturated heterocycles. The summed E-state index contributed by atoms with van der Waals surface area (Å²) in [5.41, 5.74) is 1.85. The molecular formula is C17H20N4O2. The summed E-state index contributed by atoms with van der Waals surface area (Å²) in [6.45, 7) is 0.411. The van der Waals surface area contributed by atoms with Crippen molar-refractivity contribution < 1.29 is 9.59 Å². The van der Waals surface area contributed by atoms with Gasteiger partial charge in [-0.1, -0.05) is 30.3 Å². The number of H-pyrrole nitrogens is 1. The lowest BCUT2D eigenvalue weighted by atomic mass is 9.84. The third-order valence-electron chi connectivity index (χ3n) is 4.35. The van der Waals surface area contributed by atoms with Gasteiger partial charge in [0.15, 0.2) is 0 Å². The minimum Gasteiger partial charge on any atom is -0.350 e. The summed E-state index contributed by atoms with van der Waals surface area (Å²) >= 11 is 0. The van der Waals surface area contributed by atoms with Crippen LogP contribution in [-0.2, 0) is 16.1 Å². The molecule has 2 amide bonds. The summed E-state index contributed by atoms with van der Waals surface area (Å²) in [5, 5.41) is 2.94. The minimum absolute atomic E-state index is 0.0344. The van der Waals surface area contributed by atoms with E-state index in [1.807, 2.05) is 30.3 Å². The molecule has 6 nitrogen and oxygen atoms in total. The van der Waals surface area contributed by atoms with E-state index in [9.17, 15) is 9.59 Å². The minimum atomic E-state index is -0.247. The van der Waals surface area contributed by atoms with Crippen molar-refractivity contribution in [3.05, 3.63) is 54.1 Å². The van der Waals surface area contributed by atoms with Crippen molar-refractivity contribution in [2.45, 2.75) is 25.4 Å². The van der Waals surface area contributed by atoms with Crippen LogP contribution >= 0.6 is 0 Å². The number of hydrogen-bond donors (Lipinski definition) is 2. The second-order valence-electron chi connectivity index (χ2n) is 5.80. The number of likely N-dealkylation sites (tertiary alicyclic amines) is 1. The third-order valence-corrected chi connectivity index (χ3v) is 4.35. The molecule has 23 heavy (non-hydrogen) atoms. The molecule has 6 heteroatoms. The predicted octanol–water partition coefficient (Wildman–Crippen LogP) is 1.64. The van der Waals surface area contributed by atoms with E-state index in [4.69, 9.17) is 0 Å². The number of nitrogens with one attached hydrogen (secondary N) is 2. The molecule has 1 fully saturated rings. The van der Waals surface area contributed by atoms with Crippen molar-refractivity contribution in [2.75, 3.05) is 7.05 Å². The van der Waals surface area contributed by atoms with Crippen molar-refractivity contribution in [3.63, 3.8) is 0 Å². The number of hydrogen-bond acceptors (Lipinski definition) is 3. The number of piperidine rings is 1. The number of benzene rings is 1. The number of aromatic amines is 1. The normalized spacial score (nSPS) is 21.3. The molecule has 0 spiro atoms. The molecule has 0 bridgehead atoms. The Balaban J connectivity index is 1.77. The summed E-state index contributed by atoms with van der Waals surface area (Å²) in [6, 6.07) is 9.51. The number of rotatable bonds is 4. The smallest absolute Gasteiger partial charge is 0.225 e. The molecule has 0 radical (unpaired) electrons. The lowest BCUT2D eigenvalue weighted by Crippen LogP contribution is -2.46. The van der Waals surface area contributed by atoms with Crippen molar-refractivity contribution in [2.24, 2.45) is 5.92 Å². The van der Waals surface area contributed by atoms with Crippen LogP contribution in [0.5, 0.6) is 0 Å². The molecule has 1 aliphatic rings. The largest absolute Gasteiger partial charge is 0.350 e. The highest BCUT2D eigenvalue weighted by Gasteiger charge is 2.38. The number of aromatic nitrogens is 2. The number of imidazole rings is 1. The van der Waals surface area contributed by atoms with Crippen LogP contribution in [0.3, 0.4) is 0 Å². The molecule has 2 aromatic rings. The highest BCUT2D eigenvalue weighted by atomic mass is 16.2. The SMILES string of the molecule is CN1C(=O)CCC(C(=O)NCc2cnc[nH]2)C1c1ccccc1. The molecule has 1 aromatic carbocycles. The van der Waals surface area contributed by atoms with E-state index in [2.05, 4.69) is 15.3 Å². The first-order valence-corrected chi connectivity index (χ1v) is 7.72. The van der Waals surface area contributed by atoms with Crippen LogP contribution in [-0.4, -0.2) is 33.7 Å². The van der Waals surface area contributed by atoms with Crippen LogP contribution in [0.2, 0.25) is 0 Å². The third kappa shape index (κ3) is 3.26. The molecule has 1 aromatic heterocycles. The van der Waals surface area contributed by atoms with Gasteiger partial charge in [0, 0.05) is 19.7 Å². The second kappa shape index (κ2) is 6.64. The maximum absolute atomic E-state index is 12.6. The van der Waals surface area contributed by atoms with Gasteiger partial charge in [0.2, 0.25) is 11.8 Å². The Hall–Kier alpha value is -2.63. The van der Waals surface area contributed by atoms with Gasteiger partial charge in [-0.25, -0.2) is 4.98 Å². The Morgan fingerprint density at radius 2 is 2.17 bits per heavy atom. The number of carbonyl (C=O) groups is 2. The van der Waals surface area contributed by atoms with Gasteiger partial charge < -0.3 is 15.2 Å². The zero-order valence-electron chi connectivity index (χ0n) is 13.0. The van der Waals surface area contributed by atoms with Crippen LogP contribution < -0.4 is 5.32 Å². The van der Waals surface area contributed by atoms with Gasteiger partial charge >= 0.3 is 0 Å². The Kier molecular flexibility index (Phi) is 4.41. The first-order chi connectivity index (χ1) is 11.2. The molecular weight excluding hydrogens is 292 g/mol. The van der Waals surface area contributed by atoms with Gasteiger partial charge in [-0.2, -0.15) is 0 Å². The van der Waals surface area contributed by atoms with Crippen LogP contribution in [0.25, 0.3) is 0 Å². The Bertz CT molecular complexity index is 669. The molecule has 2 unspecified atom stereocenters. The molecule has 120 valence electrons. The second-order valence-corrected chi connectivity index (χ2v) is 5.80. The van der Waals surface area contributed by atoms with Gasteiger partial charge in [0.25, 0.3) is 0 Å². The first kappa shape index (κ1) is 15.3. The van der Waals surface area contributed by atoms with Crippen LogP contribution in [0, 0.1) is 5.92 Å². The Labute approximate surface area is 134 Å². The molecule has 3 rings (SSSR count). The van der Waals surface area contributed by atoms with Crippen molar-refractivity contribution >= 4 is 11.8 Å². The number of amides is 2. The fourth-order valence-corrected chi connectivity index (χ4v) is 3.11. The summed E-state index contributed by atoms with van der Waals surface area (Å²) < 4.78 is 0. The summed E-state index contributed by atoms with van der Waals surface area (Å²) in [7, 11) is 1.77. The monoisotopic (exact) mass is 312 g/mol.